The summed E-state index contributed by atoms with van der Waals surface area (Å²) in [7, 11) is 1.86. The molecule has 6 heteroatoms. The summed E-state index contributed by atoms with van der Waals surface area (Å²) in [5.74, 6) is 0.550. The molecule has 0 fully saturated rings. The van der Waals surface area contributed by atoms with E-state index in [2.05, 4.69) is 14.7 Å². The van der Waals surface area contributed by atoms with Crippen molar-refractivity contribution in [3.63, 3.8) is 0 Å². The molecule has 0 radical (unpaired) electrons. The molecule has 0 saturated carbocycles. The number of hydrogen-bond acceptors (Lipinski definition) is 6. The number of rotatable bonds is 2. The van der Waals surface area contributed by atoms with Crippen LogP contribution in [0.5, 0.6) is 0 Å². The zero-order valence-corrected chi connectivity index (χ0v) is 9.50. The normalized spacial score (nSPS) is 10.4. The number of hydrogen-bond donors (Lipinski definition) is 2. The Bertz CT molecular complexity index is 446. The van der Waals surface area contributed by atoms with Crippen LogP contribution in [0.15, 0.2) is 5.38 Å². The molecule has 0 aliphatic carbocycles. The number of aryl methyl sites for hydroxylation is 1. The Morgan fingerprint density at radius 2 is 2.29 bits per heavy atom. The van der Waals surface area contributed by atoms with Gasteiger partial charge >= 0.3 is 0 Å². The van der Waals surface area contributed by atoms with Crippen LogP contribution in [-0.2, 0) is 0 Å². The van der Waals surface area contributed by atoms with Crippen LogP contribution in [-0.4, -0.2) is 16.4 Å². The zero-order valence-electron chi connectivity index (χ0n) is 7.87. The molecule has 2 heterocycles. The van der Waals surface area contributed by atoms with E-state index in [-0.39, 0.29) is 0 Å². The van der Waals surface area contributed by atoms with Gasteiger partial charge in [0, 0.05) is 18.1 Å². The van der Waals surface area contributed by atoms with Crippen molar-refractivity contribution in [3.8, 4) is 10.6 Å². The standard InChI is InChI=1S/C8H10N4S2/c1-4-3-13-8(11-4)5-6(9)12-14-7(5)10-2/h3,10H,1-2H3,(H2,9,12). The van der Waals surface area contributed by atoms with Crippen LogP contribution in [0.1, 0.15) is 5.69 Å². The maximum Gasteiger partial charge on any atom is 0.149 e. The van der Waals surface area contributed by atoms with Crippen molar-refractivity contribution >= 4 is 33.7 Å². The molecule has 2 aromatic rings. The van der Waals surface area contributed by atoms with Gasteiger partial charge in [-0.15, -0.1) is 11.3 Å². The number of nitrogens with one attached hydrogen (secondary N) is 1. The van der Waals surface area contributed by atoms with Gasteiger partial charge in [-0.25, -0.2) is 4.98 Å². The third-order valence-electron chi connectivity index (χ3n) is 1.78. The highest BCUT2D eigenvalue weighted by molar-refractivity contribution is 7.15. The number of aromatic nitrogens is 2. The second-order valence-electron chi connectivity index (χ2n) is 2.82. The molecule has 0 unspecified atom stereocenters. The fourth-order valence-electron chi connectivity index (χ4n) is 1.15. The summed E-state index contributed by atoms with van der Waals surface area (Å²) in [5, 5.41) is 6.97. The minimum absolute atomic E-state index is 0.550. The van der Waals surface area contributed by atoms with Gasteiger partial charge in [-0.2, -0.15) is 4.37 Å². The largest absolute Gasteiger partial charge is 0.382 e. The summed E-state index contributed by atoms with van der Waals surface area (Å²) in [6, 6.07) is 0. The van der Waals surface area contributed by atoms with Crippen molar-refractivity contribution in [2.24, 2.45) is 0 Å². The molecule has 4 nitrogen and oxygen atoms in total. The molecular formula is C8H10N4S2. The number of nitrogen functional groups attached to an aromatic ring is 1. The van der Waals surface area contributed by atoms with Gasteiger partial charge < -0.3 is 11.1 Å². The lowest BCUT2D eigenvalue weighted by atomic mass is 10.3. The second kappa shape index (κ2) is 3.55. The van der Waals surface area contributed by atoms with E-state index in [1.54, 1.807) is 11.3 Å². The van der Waals surface area contributed by atoms with Gasteiger partial charge in [0.15, 0.2) is 0 Å². The van der Waals surface area contributed by atoms with Crippen molar-refractivity contribution in [2.75, 3.05) is 18.1 Å². The SMILES string of the molecule is CNc1snc(N)c1-c1nc(C)cs1. The lowest BCUT2D eigenvalue weighted by Gasteiger charge is -1.98. The first-order valence-electron chi connectivity index (χ1n) is 4.07. The van der Waals surface area contributed by atoms with Crippen LogP contribution in [0.4, 0.5) is 10.8 Å². The van der Waals surface area contributed by atoms with Gasteiger partial charge in [0.05, 0.1) is 5.56 Å². The Hall–Kier alpha value is -1.14. The molecule has 0 atom stereocenters. The molecule has 0 bridgehead atoms. The van der Waals surface area contributed by atoms with Crippen molar-refractivity contribution in [2.45, 2.75) is 6.92 Å². The predicted octanol–water partition coefficient (Wildman–Crippen LogP) is 2.20. The van der Waals surface area contributed by atoms with Crippen molar-refractivity contribution < 1.29 is 0 Å². The van der Waals surface area contributed by atoms with E-state index in [9.17, 15) is 0 Å². The first-order valence-corrected chi connectivity index (χ1v) is 5.73. The first kappa shape index (κ1) is 9.42. The highest BCUT2D eigenvalue weighted by Crippen LogP contribution is 2.37. The zero-order chi connectivity index (χ0) is 10.1. The number of nitrogens with zero attached hydrogens (tertiary/aromatic N) is 2. The average Bonchev–Trinajstić information content (AvgIpc) is 2.71. The van der Waals surface area contributed by atoms with Gasteiger partial charge in [0.25, 0.3) is 0 Å². The van der Waals surface area contributed by atoms with E-state index in [1.165, 1.54) is 11.5 Å². The maximum atomic E-state index is 5.78. The third-order valence-corrected chi connectivity index (χ3v) is 3.63. The molecule has 2 rings (SSSR count). The molecule has 0 amide bonds. The molecule has 3 N–H and O–H groups in total. The van der Waals surface area contributed by atoms with Crippen LogP contribution in [0, 0.1) is 6.92 Å². The van der Waals surface area contributed by atoms with Crippen LogP contribution < -0.4 is 11.1 Å². The second-order valence-corrected chi connectivity index (χ2v) is 4.45. The monoisotopic (exact) mass is 226 g/mol. The Morgan fingerprint density at radius 3 is 2.86 bits per heavy atom. The van der Waals surface area contributed by atoms with Crippen LogP contribution in [0.3, 0.4) is 0 Å². The third kappa shape index (κ3) is 1.46. The summed E-state index contributed by atoms with van der Waals surface area (Å²) in [5.41, 5.74) is 7.72. The Labute approximate surface area is 90.0 Å². The van der Waals surface area contributed by atoms with Gasteiger partial charge in [-0.05, 0) is 18.5 Å². The van der Waals surface area contributed by atoms with E-state index in [0.717, 1.165) is 21.3 Å². The Balaban J connectivity index is 2.54. The van der Waals surface area contributed by atoms with Gasteiger partial charge in [-0.3, -0.25) is 0 Å². The van der Waals surface area contributed by atoms with Crippen molar-refractivity contribution in [1.82, 2.24) is 9.36 Å². The lowest BCUT2D eigenvalue weighted by Crippen LogP contribution is -1.91. The molecule has 0 aliphatic heterocycles. The summed E-state index contributed by atoms with van der Waals surface area (Å²) < 4.78 is 4.10. The number of thiazole rings is 1. The highest BCUT2D eigenvalue weighted by Gasteiger charge is 2.15. The fourth-order valence-corrected chi connectivity index (χ4v) is 2.73. The molecular weight excluding hydrogens is 216 g/mol. The molecule has 74 valence electrons. The quantitative estimate of drug-likeness (QED) is 0.824. The summed E-state index contributed by atoms with van der Waals surface area (Å²) in [6.07, 6.45) is 0. The molecule has 0 spiro atoms. The van der Waals surface area contributed by atoms with Gasteiger partial charge in [0.2, 0.25) is 0 Å². The topological polar surface area (TPSA) is 63.8 Å². The van der Waals surface area contributed by atoms with Crippen LogP contribution >= 0.6 is 22.9 Å². The summed E-state index contributed by atoms with van der Waals surface area (Å²) in [6.45, 7) is 1.97. The molecule has 0 aliphatic rings. The van der Waals surface area contributed by atoms with E-state index in [4.69, 9.17) is 5.73 Å². The fraction of sp³-hybridized carbons (Fsp3) is 0.250. The van der Waals surface area contributed by atoms with E-state index < -0.39 is 0 Å². The number of anilines is 2. The number of nitrogens with two attached hydrogens (primary N) is 1. The predicted molar refractivity (Wildman–Crippen MR) is 61.9 cm³/mol. The van der Waals surface area contributed by atoms with E-state index in [0.29, 0.717) is 5.82 Å². The van der Waals surface area contributed by atoms with Gasteiger partial charge in [0.1, 0.15) is 15.8 Å². The Morgan fingerprint density at radius 1 is 1.50 bits per heavy atom. The van der Waals surface area contributed by atoms with Crippen molar-refractivity contribution in [3.05, 3.63) is 11.1 Å². The van der Waals surface area contributed by atoms with Crippen molar-refractivity contribution in [1.29, 1.82) is 0 Å². The lowest BCUT2D eigenvalue weighted by molar-refractivity contribution is 1.27. The molecule has 2 aromatic heterocycles. The van der Waals surface area contributed by atoms with E-state index >= 15 is 0 Å². The average molecular weight is 226 g/mol. The highest BCUT2D eigenvalue weighted by atomic mass is 32.1. The molecule has 0 saturated heterocycles. The summed E-state index contributed by atoms with van der Waals surface area (Å²) in [4.78, 5) is 4.39. The first-order chi connectivity index (χ1) is 6.72. The van der Waals surface area contributed by atoms with Gasteiger partial charge in [-0.1, -0.05) is 0 Å². The summed E-state index contributed by atoms with van der Waals surface area (Å²) >= 11 is 2.95. The van der Waals surface area contributed by atoms with E-state index in [1.807, 2.05) is 19.4 Å². The Kier molecular flexibility index (Phi) is 2.39. The molecule has 0 aromatic carbocycles. The minimum Gasteiger partial charge on any atom is -0.382 e. The van der Waals surface area contributed by atoms with Crippen LogP contribution in [0.25, 0.3) is 10.6 Å². The maximum absolute atomic E-state index is 5.78. The van der Waals surface area contributed by atoms with Crippen LogP contribution in [0.2, 0.25) is 0 Å². The smallest absolute Gasteiger partial charge is 0.149 e. The minimum atomic E-state index is 0.550. The molecule has 14 heavy (non-hydrogen) atoms.